The molecule has 1 aromatic heterocycles. The van der Waals surface area contributed by atoms with Crippen LogP contribution in [0.15, 0.2) is 23.4 Å². The first-order valence-electron chi connectivity index (χ1n) is 5.47. The summed E-state index contributed by atoms with van der Waals surface area (Å²) in [6.45, 7) is 4.07. The summed E-state index contributed by atoms with van der Waals surface area (Å²) in [6, 6.07) is 1.52. The van der Waals surface area contributed by atoms with Crippen molar-refractivity contribution >= 4 is 5.91 Å². The summed E-state index contributed by atoms with van der Waals surface area (Å²) >= 11 is 0. The number of nitrogens with one attached hydrogen (secondary N) is 1. The molecule has 5 heteroatoms. The molecule has 0 fully saturated rings. The van der Waals surface area contributed by atoms with E-state index >= 15 is 0 Å². The van der Waals surface area contributed by atoms with Crippen LogP contribution in [0.3, 0.4) is 0 Å². The third-order valence-electron chi connectivity index (χ3n) is 2.46. The fraction of sp³-hybridized carbons (Fsp3) is 0.545. The third kappa shape index (κ3) is 3.49. The van der Waals surface area contributed by atoms with Crippen molar-refractivity contribution in [3.63, 3.8) is 0 Å². The standard InChI is InChI=1S/C11H17N3O2/c1-3-9(4-2)13-10(15)7-14-8-12-6-5-11(14)16/h5-6,8-9H,3-4,7H2,1-2H3,(H,13,15). The van der Waals surface area contributed by atoms with Crippen LogP contribution in [0.4, 0.5) is 0 Å². The Morgan fingerprint density at radius 3 is 2.75 bits per heavy atom. The van der Waals surface area contributed by atoms with Crippen LogP contribution in [0.5, 0.6) is 0 Å². The smallest absolute Gasteiger partial charge is 0.253 e. The molecule has 0 aromatic carbocycles. The van der Waals surface area contributed by atoms with E-state index in [0.29, 0.717) is 0 Å². The molecule has 88 valence electrons. The summed E-state index contributed by atoms with van der Waals surface area (Å²) in [6.07, 6.45) is 4.57. The van der Waals surface area contributed by atoms with Crippen molar-refractivity contribution < 1.29 is 4.79 Å². The lowest BCUT2D eigenvalue weighted by Gasteiger charge is -2.14. The summed E-state index contributed by atoms with van der Waals surface area (Å²) < 4.78 is 1.29. The van der Waals surface area contributed by atoms with E-state index in [1.807, 2.05) is 13.8 Å². The van der Waals surface area contributed by atoms with Crippen molar-refractivity contribution in [3.05, 3.63) is 28.9 Å². The molecule has 0 atom stereocenters. The van der Waals surface area contributed by atoms with Gasteiger partial charge < -0.3 is 5.32 Å². The van der Waals surface area contributed by atoms with Crippen LogP contribution in [0.1, 0.15) is 26.7 Å². The maximum absolute atomic E-state index is 11.6. The average molecular weight is 223 g/mol. The van der Waals surface area contributed by atoms with E-state index in [-0.39, 0.29) is 24.1 Å². The van der Waals surface area contributed by atoms with Gasteiger partial charge >= 0.3 is 0 Å². The van der Waals surface area contributed by atoms with E-state index in [9.17, 15) is 9.59 Å². The van der Waals surface area contributed by atoms with Crippen molar-refractivity contribution in [3.8, 4) is 0 Å². The molecule has 1 amide bonds. The molecular formula is C11H17N3O2. The molecule has 0 aliphatic heterocycles. The quantitative estimate of drug-likeness (QED) is 0.792. The SMILES string of the molecule is CCC(CC)NC(=O)Cn1cnccc1=O. The van der Waals surface area contributed by atoms with E-state index < -0.39 is 0 Å². The lowest BCUT2D eigenvalue weighted by molar-refractivity contribution is -0.122. The monoisotopic (exact) mass is 223 g/mol. The number of nitrogens with zero attached hydrogens (tertiary/aromatic N) is 2. The minimum absolute atomic E-state index is 0.0309. The van der Waals surface area contributed by atoms with Gasteiger partial charge in [0.25, 0.3) is 5.56 Å². The zero-order chi connectivity index (χ0) is 12.0. The van der Waals surface area contributed by atoms with Crippen LogP contribution in [-0.2, 0) is 11.3 Å². The maximum Gasteiger partial charge on any atom is 0.253 e. The van der Waals surface area contributed by atoms with Crippen molar-refractivity contribution in [2.24, 2.45) is 0 Å². The molecule has 0 bridgehead atoms. The van der Waals surface area contributed by atoms with Gasteiger partial charge in [-0.3, -0.25) is 14.2 Å². The first-order valence-corrected chi connectivity index (χ1v) is 5.47. The summed E-state index contributed by atoms with van der Waals surface area (Å²) in [5.74, 6) is -0.149. The van der Waals surface area contributed by atoms with E-state index in [4.69, 9.17) is 0 Å². The average Bonchev–Trinajstić information content (AvgIpc) is 2.29. The third-order valence-corrected chi connectivity index (χ3v) is 2.46. The normalized spacial score (nSPS) is 10.4. The fourth-order valence-corrected chi connectivity index (χ4v) is 1.42. The van der Waals surface area contributed by atoms with Gasteiger partial charge in [0.15, 0.2) is 0 Å². The Hall–Kier alpha value is -1.65. The zero-order valence-corrected chi connectivity index (χ0v) is 9.64. The van der Waals surface area contributed by atoms with Gasteiger partial charge in [-0.1, -0.05) is 13.8 Å². The van der Waals surface area contributed by atoms with Gasteiger partial charge in [0.2, 0.25) is 5.91 Å². The van der Waals surface area contributed by atoms with Crippen LogP contribution in [0, 0.1) is 0 Å². The second kappa shape index (κ2) is 6.05. The number of amides is 1. The van der Waals surface area contributed by atoms with Gasteiger partial charge in [0, 0.05) is 18.3 Å². The Morgan fingerprint density at radius 2 is 2.19 bits per heavy atom. The predicted molar refractivity (Wildman–Crippen MR) is 61.0 cm³/mol. The molecule has 0 radical (unpaired) electrons. The minimum Gasteiger partial charge on any atom is -0.352 e. The summed E-state index contributed by atoms with van der Waals surface area (Å²) in [7, 11) is 0. The Morgan fingerprint density at radius 1 is 1.50 bits per heavy atom. The first-order chi connectivity index (χ1) is 7.67. The highest BCUT2D eigenvalue weighted by atomic mass is 16.2. The number of hydrogen-bond acceptors (Lipinski definition) is 3. The summed E-state index contributed by atoms with van der Waals surface area (Å²) in [4.78, 5) is 26.7. The van der Waals surface area contributed by atoms with Gasteiger partial charge in [-0.2, -0.15) is 0 Å². The van der Waals surface area contributed by atoms with Gasteiger partial charge in [0.05, 0.1) is 6.33 Å². The molecule has 5 nitrogen and oxygen atoms in total. The van der Waals surface area contributed by atoms with E-state index in [2.05, 4.69) is 10.3 Å². The largest absolute Gasteiger partial charge is 0.352 e. The maximum atomic E-state index is 11.6. The Kier molecular flexibility index (Phi) is 4.69. The number of aromatic nitrogens is 2. The van der Waals surface area contributed by atoms with Crippen molar-refractivity contribution in [1.29, 1.82) is 0 Å². The number of carbonyl (C=O) groups is 1. The number of hydrogen-bond donors (Lipinski definition) is 1. The molecule has 0 aliphatic rings. The topological polar surface area (TPSA) is 64.0 Å². The van der Waals surface area contributed by atoms with E-state index in [1.54, 1.807) is 0 Å². The van der Waals surface area contributed by atoms with E-state index in [1.165, 1.54) is 23.2 Å². The second-order valence-electron chi connectivity index (χ2n) is 3.63. The molecule has 0 unspecified atom stereocenters. The highest BCUT2D eigenvalue weighted by Crippen LogP contribution is 1.95. The molecule has 1 N–H and O–H groups in total. The lowest BCUT2D eigenvalue weighted by Crippen LogP contribution is -2.38. The minimum atomic E-state index is -0.213. The van der Waals surface area contributed by atoms with Gasteiger partial charge in [0.1, 0.15) is 6.54 Å². The summed E-state index contributed by atoms with van der Waals surface area (Å²) in [5, 5.41) is 2.87. The molecular weight excluding hydrogens is 206 g/mol. The van der Waals surface area contributed by atoms with Crippen molar-refractivity contribution in [2.45, 2.75) is 39.3 Å². The molecule has 1 rings (SSSR count). The Balaban J connectivity index is 2.58. The fourth-order valence-electron chi connectivity index (χ4n) is 1.42. The number of rotatable bonds is 5. The zero-order valence-electron chi connectivity index (χ0n) is 9.64. The second-order valence-corrected chi connectivity index (χ2v) is 3.63. The first kappa shape index (κ1) is 12.4. The van der Waals surface area contributed by atoms with E-state index in [0.717, 1.165) is 12.8 Å². The molecule has 0 saturated heterocycles. The predicted octanol–water partition coefficient (Wildman–Crippen LogP) is 0.548. The molecule has 1 heterocycles. The molecule has 1 aromatic rings. The van der Waals surface area contributed by atoms with Gasteiger partial charge in [-0.15, -0.1) is 0 Å². The van der Waals surface area contributed by atoms with Gasteiger partial charge in [-0.25, -0.2) is 4.98 Å². The van der Waals surface area contributed by atoms with Crippen LogP contribution in [-0.4, -0.2) is 21.5 Å². The summed E-state index contributed by atoms with van der Waals surface area (Å²) in [5.41, 5.74) is -0.213. The van der Waals surface area contributed by atoms with Crippen LogP contribution >= 0.6 is 0 Å². The molecule has 0 spiro atoms. The van der Waals surface area contributed by atoms with Crippen LogP contribution in [0.25, 0.3) is 0 Å². The lowest BCUT2D eigenvalue weighted by atomic mass is 10.2. The molecule has 0 saturated carbocycles. The Bertz CT molecular complexity index is 396. The molecule has 0 aliphatic carbocycles. The highest BCUT2D eigenvalue weighted by molar-refractivity contribution is 5.75. The highest BCUT2D eigenvalue weighted by Gasteiger charge is 2.09. The number of carbonyl (C=O) groups excluding carboxylic acids is 1. The van der Waals surface area contributed by atoms with Gasteiger partial charge in [-0.05, 0) is 12.8 Å². The van der Waals surface area contributed by atoms with Crippen molar-refractivity contribution in [2.75, 3.05) is 0 Å². The molecule has 16 heavy (non-hydrogen) atoms. The Labute approximate surface area is 94.5 Å². The van der Waals surface area contributed by atoms with Crippen LogP contribution in [0.2, 0.25) is 0 Å². The van der Waals surface area contributed by atoms with Crippen LogP contribution < -0.4 is 10.9 Å². The van der Waals surface area contributed by atoms with Crippen molar-refractivity contribution in [1.82, 2.24) is 14.9 Å².